The number of H-pyrrole nitrogens is 1. The third-order valence-corrected chi connectivity index (χ3v) is 1.96. The fourth-order valence-corrected chi connectivity index (χ4v) is 1.24. The van der Waals surface area contributed by atoms with Gasteiger partial charge >= 0.3 is 6.09 Å². The maximum Gasteiger partial charge on any atom is 0.407 e. The van der Waals surface area contributed by atoms with E-state index in [-0.39, 0.29) is 6.09 Å². The number of alkyl carbamates (subject to hydrolysis) is 1. The van der Waals surface area contributed by atoms with Crippen molar-refractivity contribution >= 4 is 6.09 Å². The fourth-order valence-electron chi connectivity index (χ4n) is 1.24. The number of rotatable bonds is 6. The second kappa shape index (κ2) is 6.95. The lowest BCUT2D eigenvalue weighted by molar-refractivity contribution is 0.0527. The molecule has 1 aromatic rings. The molecular weight excluding hydrogens is 234 g/mol. The molecule has 0 saturated heterocycles. The maximum atomic E-state index is 11.3. The summed E-state index contributed by atoms with van der Waals surface area (Å²) in [4.78, 5) is 15.3. The Labute approximate surface area is 107 Å². The standard InChI is InChI=1S/C11H21N5O2/c1-11(2,3)18-10(17)13-6-4-5-12-7-9-14-8-15-16-9/h8,12H,4-7H2,1-3H3,(H,13,17)(H,14,15,16). The van der Waals surface area contributed by atoms with Gasteiger partial charge in [0.15, 0.2) is 0 Å². The topological polar surface area (TPSA) is 91.9 Å². The molecule has 0 radical (unpaired) electrons. The number of carbonyl (C=O) groups is 1. The van der Waals surface area contributed by atoms with Gasteiger partial charge in [0.1, 0.15) is 17.8 Å². The van der Waals surface area contributed by atoms with Gasteiger partial charge in [0.2, 0.25) is 0 Å². The summed E-state index contributed by atoms with van der Waals surface area (Å²) in [6, 6.07) is 0. The number of aromatic nitrogens is 3. The highest BCUT2D eigenvalue weighted by atomic mass is 16.6. The monoisotopic (exact) mass is 255 g/mol. The van der Waals surface area contributed by atoms with E-state index in [4.69, 9.17) is 4.74 Å². The SMILES string of the molecule is CC(C)(C)OC(=O)NCCCNCc1ncn[nH]1. The van der Waals surface area contributed by atoms with E-state index < -0.39 is 5.60 Å². The number of hydrogen-bond donors (Lipinski definition) is 3. The molecule has 7 heteroatoms. The molecular formula is C11H21N5O2. The Morgan fingerprint density at radius 1 is 1.44 bits per heavy atom. The van der Waals surface area contributed by atoms with Crippen LogP contribution in [-0.2, 0) is 11.3 Å². The summed E-state index contributed by atoms with van der Waals surface area (Å²) in [5.41, 5.74) is -0.450. The van der Waals surface area contributed by atoms with E-state index in [2.05, 4.69) is 25.8 Å². The summed E-state index contributed by atoms with van der Waals surface area (Å²) in [5, 5.41) is 12.4. The number of nitrogens with zero attached hydrogens (tertiary/aromatic N) is 2. The van der Waals surface area contributed by atoms with E-state index in [0.29, 0.717) is 13.1 Å². The van der Waals surface area contributed by atoms with Crippen molar-refractivity contribution in [1.29, 1.82) is 0 Å². The Hall–Kier alpha value is -1.63. The number of aromatic amines is 1. The summed E-state index contributed by atoms with van der Waals surface area (Å²) in [5.74, 6) is 0.801. The Kier molecular flexibility index (Phi) is 5.57. The van der Waals surface area contributed by atoms with E-state index in [1.807, 2.05) is 20.8 Å². The zero-order valence-electron chi connectivity index (χ0n) is 11.1. The first-order valence-electron chi connectivity index (χ1n) is 5.99. The summed E-state index contributed by atoms with van der Waals surface area (Å²) >= 11 is 0. The number of hydrogen-bond acceptors (Lipinski definition) is 5. The third-order valence-electron chi connectivity index (χ3n) is 1.96. The highest BCUT2D eigenvalue weighted by Gasteiger charge is 2.15. The van der Waals surface area contributed by atoms with Crippen molar-refractivity contribution in [3.05, 3.63) is 12.2 Å². The number of carbonyl (C=O) groups excluding carboxylic acids is 1. The third kappa shape index (κ3) is 6.85. The maximum absolute atomic E-state index is 11.3. The molecule has 3 N–H and O–H groups in total. The summed E-state index contributed by atoms with van der Waals surface area (Å²) in [6.07, 6.45) is 1.92. The predicted molar refractivity (Wildman–Crippen MR) is 66.9 cm³/mol. The van der Waals surface area contributed by atoms with Crippen LogP contribution in [0.25, 0.3) is 0 Å². The van der Waals surface area contributed by atoms with Gasteiger partial charge in [0.25, 0.3) is 0 Å². The van der Waals surface area contributed by atoms with E-state index in [1.54, 1.807) is 0 Å². The second-order valence-corrected chi connectivity index (χ2v) is 4.89. The second-order valence-electron chi connectivity index (χ2n) is 4.89. The molecule has 0 aliphatic carbocycles. The molecule has 18 heavy (non-hydrogen) atoms. The highest BCUT2D eigenvalue weighted by molar-refractivity contribution is 5.67. The largest absolute Gasteiger partial charge is 0.444 e. The molecule has 1 rings (SSSR count). The normalized spacial score (nSPS) is 11.3. The minimum Gasteiger partial charge on any atom is -0.444 e. The van der Waals surface area contributed by atoms with Gasteiger partial charge in [-0.05, 0) is 33.7 Å². The molecule has 0 unspecified atom stereocenters. The van der Waals surface area contributed by atoms with Gasteiger partial charge in [0.05, 0.1) is 6.54 Å². The van der Waals surface area contributed by atoms with Crippen molar-refractivity contribution in [3.8, 4) is 0 Å². The van der Waals surface area contributed by atoms with Gasteiger partial charge in [-0.25, -0.2) is 9.78 Å². The molecule has 1 aromatic heterocycles. The zero-order chi connectivity index (χ0) is 13.4. The minimum absolute atomic E-state index is 0.377. The predicted octanol–water partition coefficient (Wildman–Crippen LogP) is 0.809. The molecule has 1 heterocycles. The smallest absolute Gasteiger partial charge is 0.407 e. The van der Waals surface area contributed by atoms with Crippen molar-refractivity contribution in [1.82, 2.24) is 25.8 Å². The van der Waals surface area contributed by atoms with Crippen molar-refractivity contribution in [2.24, 2.45) is 0 Å². The fraction of sp³-hybridized carbons (Fsp3) is 0.727. The van der Waals surface area contributed by atoms with Crippen LogP contribution in [0.3, 0.4) is 0 Å². The van der Waals surface area contributed by atoms with Crippen LogP contribution in [0.4, 0.5) is 4.79 Å². The van der Waals surface area contributed by atoms with Crippen LogP contribution < -0.4 is 10.6 Å². The van der Waals surface area contributed by atoms with Crippen molar-refractivity contribution in [3.63, 3.8) is 0 Å². The Balaban J connectivity index is 1.97. The van der Waals surface area contributed by atoms with Crippen LogP contribution in [0, 0.1) is 0 Å². The van der Waals surface area contributed by atoms with Gasteiger partial charge in [-0.3, -0.25) is 5.10 Å². The molecule has 102 valence electrons. The van der Waals surface area contributed by atoms with E-state index in [9.17, 15) is 4.79 Å². The quantitative estimate of drug-likeness (QED) is 0.654. The average molecular weight is 255 g/mol. The molecule has 1 amide bonds. The molecule has 0 aromatic carbocycles. The molecule has 0 atom stereocenters. The number of nitrogens with one attached hydrogen (secondary N) is 3. The Morgan fingerprint density at radius 2 is 2.22 bits per heavy atom. The lowest BCUT2D eigenvalue weighted by atomic mass is 10.2. The van der Waals surface area contributed by atoms with Crippen molar-refractivity contribution < 1.29 is 9.53 Å². The molecule has 0 fully saturated rings. The molecule has 0 spiro atoms. The van der Waals surface area contributed by atoms with Crippen LogP contribution in [0.15, 0.2) is 6.33 Å². The van der Waals surface area contributed by atoms with Crippen molar-refractivity contribution in [2.45, 2.75) is 39.3 Å². The van der Waals surface area contributed by atoms with Crippen molar-refractivity contribution in [2.75, 3.05) is 13.1 Å². The van der Waals surface area contributed by atoms with E-state index in [0.717, 1.165) is 18.8 Å². The summed E-state index contributed by atoms with van der Waals surface area (Å²) < 4.78 is 5.11. The van der Waals surface area contributed by atoms with Gasteiger partial charge in [-0.2, -0.15) is 5.10 Å². The van der Waals surface area contributed by atoms with Crippen LogP contribution in [-0.4, -0.2) is 40.0 Å². The minimum atomic E-state index is -0.450. The van der Waals surface area contributed by atoms with Crippen LogP contribution in [0.5, 0.6) is 0 Å². The van der Waals surface area contributed by atoms with Crippen LogP contribution in [0.2, 0.25) is 0 Å². The summed E-state index contributed by atoms with van der Waals surface area (Å²) in [6.45, 7) is 7.53. The van der Waals surface area contributed by atoms with Gasteiger partial charge < -0.3 is 15.4 Å². The molecule has 0 aliphatic heterocycles. The average Bonchev–Trinajstić information content (AvgIpc) is 2.73. The number of ether oxygens (including phenoxy) is 1. The van der Waals surface area contributed by atoms with E-state index >= 15 is 0 Å². The zero-order valence-corrected chi connectivity index (χ0v) is 11.1. The summed E-state index contributed by atoms with van der Waals surface area (Å²) in [7, 11) is 0. The lowest BCUT2D eigenvalue weighted by Gasteiger charge is -2.19. The Bertz CT molecular complexity index is 345. The molecule has 0 aliphatic rings. The van der Waals surface area contributed by atoms with Gasteiger partial charge in [-0.1, -0.05) is 0 Å². The Morgan fingerprint density at radius 3 is 2.83 bits per heavy atom. The lowest BCUT2D eigenvalue weighted by Crippen LogP contribution is -2.33. The van der Waals surface area contributed by atoms with Crippen LogP contribution >= 0.6 is 0 Å². The molecule has 0 saturated carbocycles. The first-order chi connectivity index (χ1) is 8.47. The van der Waals surface area contributed by atoms with Gasteiger partial charge in [0, 0.05) is 6.54 Å². The molecule has 0 bridgehead atoms. The van der Waals surface area contributed by atoms with Gasteiger partial charge in [-0.15, -0.1) is 0 Å². The number of amides is 1. The first-order valence-corrected chi connectivity index (χ1v) is 5.99. The highest BCUT2D eigenvalue weighted by Crippen LogP contribution is 2.06. The van der Waals surface area contributed by atoms with Crippen LogP contribution in [0.1, 0.15) is 33.0 Å². The molecule has 7 nitrogen and oxygen atoms in total. The van der Waals surface area contributed by atoms with E-state index in [1.165, 1.54) is 6.33 Å². The first kappa shape index (κ1) is 14.4.